The average molecular weight is 173 g/mol. The molecule has 0 saturated carbocycles. The lowest BCUT2D eigenvalue weighted by molar-refractivity contribution is 0.637. The molecule has 0 saturated heterocycles. The maximum atomic E-state index is 4.95. The third kappa shape index (κ3) is 2.23. The molecular weight excluding hydrogens is 162 g/mol. The van der Waals surface area contributed by atoms with Crippen molar-refractivity contribution >= 4 is 23.6 Å². The summed E-state index contributed by atoms with van der Waals surface area (Å²) >= 11 is 6.55. The molecule has 1 heterocycles. The Morgan fingerprint density at radius 1 is 1.70 bits per heavy atom. The van der Waals surface area contributed by atoms with Gasteiger partial charge >= 0.3 is 0 Å². The smallest absolute Gasteiger partial charge is 0.158 e. The predicted octanol–water partition coefficient (Wildman–Crippen LogP) is 3.00. The van der Waals surface area contributed by atoms with E-state index in [-0.39, 0.29) is 0 Å². The number of H-pyrrole nitrogens is 1. The number of aromatic nitrogens is 1. The molecule has 56 valence electrons. The highest BCUT2D eigenvalue weighted by Gasteiger charge is 1.97. The van der Waals surface area contributed by atoms with Gasteiger partial charge < -0.3 is 4.98 Å². The number of rotatable bonds is 2. The first-order chi connectivity index (χ1) is 4.68. The number of aromatic amines is 1. The molecule has 1 rings (SSSR count). The van der Waals surface area contributed by atoms with Gasteiger partial charge in [0.05, 0.1) is 0 Å². The average Bonchev–Trinajstić information content (AvgIpc) is 2.13. The second-order valence-electron chi connectivity index (χ2n) is 2.77. The highest BCUT2D eigenvalue weighted by Crippen LogP contribution is 2.09. The van der Waals surface area contributed by atoms with Gasteiger partial charge in [-0.15, -0.1) is 11.3 Å². The molecule has 0 amide bonds. The van der Waals surface area contributed by atoms with E-state index in [4.69, 9.17) is 12.2 Å². The zero-order chi connectivity index (χ0) is 7.56. The molecule has 1 nitrogen and oxygen atoms in total. The monoisotopic (exact) mass is 173 g/mol. The van der Waals surface area contributed by atoms with E-state index in [1.807, 2.05) is 0 Å². The minimum atomic E-state index is 0.709. The zero-order valence-corrected chi connectivity index (χ0v) is 7.81. The minimum Gasteiger partial charge on any atom is -0.341 e. The summed E-state index contributed by atoms with van der Waals surface area (Å²) in [6, 6.07) is 0. The molecule has 1 aromatic rings. The molecule has 0 aliphatic carbocycles. The van der Waals surface area contributed by atoms with Crippen LogP contribution in [0.2, 0.25) is 0 Å². The van der Waals surface area contributed by atoms with E-state index in [0.29, 0.717) is 5.92 Å². The Hall–Kier alpha value is -0.150. The van der Waals surface area contributed by atoms with Crippen LogP contribution in [0.4, 0.5) is 0 Å². The highest BCUT2D eigenvalue weighted by molar-refractivity contribution is 7.73. The zero-order valence-electron chi connectivity index (χ0n) is 6.18. The number of thiazole rings is 1. The summed E-state index contributed by atoms with van der Waals surface area (Å²) in [6.45, 7) is 4.41. The number of hydrogen-bond acceptors (Lipinski definition) is 2. The van der Waals surface area contributed by atoms with Gasteiger partial charge in [-0.05, 0) is 24.6 Å². The standard InChI is InChI=1S/C7H11NS2/c1-5(2)3-6-4-10-7(9)8-6/h4-5H,3H2,1-2H3,(H,8,9). The predicted molar refractivity (Wildman–Crippen MR) is 48.0 cm³/mol. The second kappa shape index (κ2) is 3.30. The minimum absolute atomic E-state index is 0.709. The van der Waals surface area contributed by atoms with Gasteiger partial charge in [-0.3, -0.25) is 0 Å². The molecule has 0 atom stereocenters. The first-order valence-corrected chi connectivity index (χ1v) is 4.64. The summed E-state index contributed by atoms with van der Waals surface area (Å²) in [7, 11) is 0. The second-order valence-corrected chi connectivity index (χ2v) is 4.32. The number of hydrogen-bond donors (Lipinski definition) is 1. The van der Waals surface area contributed by atoms with E-state index in [1.54, 1.807) is 11.3 Å². The van der Waals surface area contributed by atoms with Crippen molar-refractivity contribution in [1.29, 1.82) is 0 Å². The fourth-order valence-electron chi connectivity index (χ4n) is 0.854. The Kier molecular flexibility index (Phi) is 2.63. The Morgan fingerprint density at radius 3 is 2.80 bits per heavy atom. The molecule has 0 unspecified atom stereocenters. The van der Waals surface area contributed by atoms with E-state index in [9.17, 15) is 0 Å². The van der Waals surface area contributed by atoms with Gasteiger partial charge in [0.15, 0.2) is 3.95 Å². The maximum Gasteiger partial charge on any atom is 0.158 e. The SMILES string of the molecule is CC(C)Cc1csc(=S)[nH]1. The van der Waals surface area contributed by atoms with E-state index >= 15 is 0 Å². The van der Waals surface area contributed by atoms with Crippen LogP contribution in [0.1, 0.15) is 19.5 Å². The largest absolute Gasteiger partial charge is 0.341 e. The van der Waals surface area contributed by atoms with Gasteiger partial charge in [0.1, 0.15) is 0 Å². The van der Waals surface area contributed by atoms with Crippen molar-refractivity contribution in [2.24, 2.45) is 5.92 Å². The Labute approximate surface area is 70.1 Å². The summed E-state index contributed by atoms with van der Waals surface area (Å²) in [5.74, 6) is 0.709. The van der Waals surface area contributed by atoms with Crippen LogP contribution in [0.3, 0.4) is 0 Å². The molecule has 0 fully saturated rings. The summed E-state index contributed by atoms with van der Waals surface area (Å²) in [4.78, 5) is 3.14. The summed E-state index contributed by atoms with van der Waals surface area (Å²) in [5, 5.41) is 2.10. The van der Waals surface area contributed by atoms with Crippen molar-refractivity contribution in [1.82, 2.24) is 4.98 Å². The van der Waals surface area contributed by atoms with Gasteiger partial charge in [0.25, 0.3) is 0 Å². The van der Waals surface area contributed by atoms with Gasteiger partial charge in [-0.2, -0.15) is 0 Å². The lowest BCUT2D eigenvalue weighted by Crippen LogP contribution is -1.93. The van der Waals surface area contributed by atoms with Crippen LogP contribution < -0.4 is 0 Å². The molecule has 1 N–H and O–H groups in total. The van der Waals surface area contributed by atoms with Crippen molar-refractivity contribution in [2.75, 3.05) is 0 Å². The van der Waals surface area contributed by atoms with Crippen molar-refractivity contribution in [3.63, 3.8) is 0 Å². The molecular formula is C7H11NS2. The van der Waals surface area contributed by atoms with Gasteiger partial charge in [0.2, 0.25) is 0 Å². The maximum absolute atomic E-state index is 4.95. The van der Waals surface area contributed by atoms with E-state index in [2.05, 4.69) is 24.2 Å². The molecule has 1 aromatic heterocycles. The van der Waals surface area contributed by atoms with Crippen LogP contribution in [-0.4, -0.2) is 4.98 Å². The van der Waals surface area contributed by atoms with Crippen LogP contribution in [0.5, 0.6) is 0 Å². The van der Waals surface area contributed by atoms with Crippen molar-refractivity contribution in [3.8, 4) is 0 Å². The third-order valence-electron chi connectivity index (χ3n) is 1.20. The van der Waals surface area contributed by atoms with Crippen molar-refractivity contribution in [2.45, 2.75) is 20.3 Å². The van der Waals surface area contributed by atoms with E-state index < -0.39 is 0 Å². The first-order valence-electron chi connectivity index (χ1n) is 3.35. The molecule has 0 spiro atoms. The molecule has 3 heteroatoms. The molecule has 0 radical (unpaired) electrons. The summed E-state index contributed by atoms with van der Waals surface area (Å²) < 4.78 is 0.885. The Bertz CT molecular complexity index is 246. The first kappa shape index (κ1) is 7.95. The van der Waals surface area contributed by atoms with E-state index in [1.165, 1.54) is 5.69 Å². The normalized spacial score (nSPS) is 10.7. The summed E-state index contributed by atoms with van der Waals surface area (Å²) in [5.41, 5.74) is 1.27. The third-order valence-corrected chi connectivity index (χ3v) is 2.31. The molecule has 0 aromatic carbocycles. The van der Waals surface area contributed by atoms with Crippen LogP contribution in [0, 0.1) is 9.87 Å². The molecule has 10 heavy (non-hydrogen) atoms. The Morgan fingerprint density at radius 2 is 2.40 bits per heavy atom. The quantitative estimate of drug-likeness (QED) is 0.680. The van der Waals surface area contributed by atoms with Crippen molar-refractivity contribution < 1.29 is 0 Å². The van der Waals surface area contributed by atoms with Gasteiger partial charge in [0, 0.05) is 11.1 Å². The van der Waals surface area contributed by atoms with Crippen LogP contribution in [-0.2, 0) is 6.42 Å². The van der Waals surface area contributed by atoms with Gasteiger partial charge in [-0.1, -0.05) is 13.8 Å². The molecule has 0 bridgehead atoms. The highest BCUT2D eigenvalue weighted by atomic mass is 32.1. The number of nitrogens with one attached hydrogen (secondary N) is 1. The summed E-state index contributed by atoms with van der Waals surface area (Å²) in [6.07, 6.45) is 1.10. The van der Waals surface area contributed by atoms with Crippen LogP contribution in [0.15, 0.2) is 5.38 Å². The molecule has 0 aliphatic heterocycles. The lowest BCUT2D eigenvalue weighted by atomic mass is 10.1. The molecule has 0 aliphatic rings. The van der Waals surface area contributed by atoms with Gasteiger partial charge in [-0.25, -0.2) is 0 Å². The van der Waals surface area contributed by atoms with Crippen LogP contribution >= 0.6 is 23.6 Å². The van der Waals surface area contributed by atoms with Crippen molar-refractivity contribution in [3.05, 3.63) is 15.0 Å². The fourth-order valence-corrected chi connectivity index (χ4v) is 1.72. The Balaban J connectivity index is 2.67. The van der Waals surface area contributed by atoms with Crippen LogP contribution in [0.25, 0.3) is 0 Å². The fraction of sp³-hybridized carbons (Fsp3) is 0.571. The lowest BCUT2D eigenvalue weighted by Gasteiger charge is -1.98. The van der Waals surface area contributed by atoms with E-state index in [0.717, 1.165) is 10.4 Å². The topological polar surface area (TPSA) is 15.8 Å².